The summed E-state index contributed by atoms with van der Waals surface area (Å²) in [4.78, 5) is 13.3. The highest BCUT2D eigenvalue weighted by Crippen LogP contribution is 2.43. The molecule has 0 bridgehead atoms. The van der Waals surface area contributed by atoms with Gasteiger partial charge in [0.15, 0.2) is 0 Å². The minimum Gasteiger partial charge on any atom is -0.496 e. The van der Waals surface area contributed by atoms with E-state index in [0.29, 0.717) is 17.0 Å². The summed E-state index contributed by atoms with van der Waals surface area (Å²) in [5.41, 5.74) is 2.90. The summed E-state index contributed by atoms with van der Waals surface area (Å²) in [5, 5.41) is 12.1. The number of benzene rings is 1. The number of hydrogen-bond donors (Lipinski definition) is 2. The quantitative estimate of drug-likeness (QED) is 0.856. The van der Waals surface area contributed by atoms with E-state index in [1.54, 1.807) is 20.1 Å². The Hall–Kier alpha value is -1.46. The molecule has 5 nitrogen and oxygen atoms in total. The molecule has 23 heavy (non-hydrogen) atoms. The summed E-state index contributed by atoms with van der Waals surface area (Å²) >= 11 is 6.41. The van der Waals surface area contributed by atoms with E-state index >= 15 is 0 Å². The Balaban J connectivity index is 2.41. The van der Waals surface area contributed by atoms with Crippen molar-refractivity contribution < 1.29 is 14.6 Å². The Labute approximate surface area is 142 Å². The number of hydrogen-bond acceptors (Lipinski definition) is 3. The smallest absolute Gasteiger partial charge is 0.405 e. The number of methoxy groups -OCH3 is 1. The molecule has 2 rings (SSSR count). The molecule has 0 saturated carbocycles. The summed E-state index contributed by atoms with van der Waals surface area (Å²) in [6.07, 6.45) is -1.06. The Morgan fingerprint density at radius 3 is 2.52 bits per heavy atom. The Kier molecular flexibility index (Phi) is 5.42. The molecule has 1 aliphatic heterocycles. The molecule has 128 valence electrons. The highest BCUT2D eigenvalue weighted by Gasteiger charge is 2.34. The molecule has 0 radical (unpaired) electrons. The molecule has 1 aliphatic rings. The third-order valence-corrected chi connectivity index (χ3v) is 5.00. The van der Waals surface area contributed by atoms with Crippen molar-refractivity contribution in [2.45, 2.75) is 45.7 Å². The highest BCUT2D eigenvalue weighted by atomic mass is 35.5. The van der Waals surface area contributed by atoms with Gasteiger partial charge in [-0.2, -0.15) is 0 Å². The first kappa shape index (κ1) is 17.9. The van der Waals surface area contributed by atoms with E-state index in [-0.39, 0.29) is 6.04 Å². The third-order valence-electron chi connectivity index (χ3n) is 4.61. The molecule has 1 fully saturated rings. The molecule has 1 saturated heterocycles. The molecule has 1 atom stereocenters. The van der Waals surface area contributed by atoms with E-state index in [1.165, 1.54) is 0 Å². The molecule has 0 spiro atoms. The van der Waals surface area contributed by atoms with Crippen molar-refractivity contribution in [2.75, 3.05) is 20.2 Å². The largest absolute Gasteiger partial charge is 0.496 e. The molecule has 1 aromatic carbocycles. The molecule has 2 N–H and O–H groups in total. The average molecular weight is 341 g/mol. The van der Waals surface area contributed by atoms with E-state index in [9.17, 15) is 4.79 Å². The molecule has 6 heteroatoms. The zero-order valence-electron chi connectivity index (χ0n) is 14.3. The fraction of sp³-hybridized carbons (Fsp3) is 0.588. The number of rotatable bonds is 5. The van der Waals surface area contributed by atoms with Gasteiger partial charge in [0, 0.05) is 41.2 Å². The number of nitrogens with one attached hydrogen (secondary N) is 1. The predicted octanol–water partition coefficient (Wildman–Crippen LogP) is 3.79. The van der Waals surface area contributed by atoms with Crippen LogP contribution in [0.25, 0.3) is 0 Å². The Morgan fingerprint density at radius 2 is 2.04 bits per heavy atom. The lowest BCUT2D eigenvalue weighted by Crippen LogP contribution is -2.49. The van der Waals surface area contributed by atoms with Gasteiger partial charge in [0.25, 0.3) is 0 Å². The molecule has 1 amide bonds. The van der Waals surface area contributed by atoms with Crippen LogP contribution in [0.2, 0.25) is 5.02 Å². The maximum atomic E-state index is 10.9. The minimum absolute atomic E-state index is 0.363. The van der Waals surface area contributed by atoms with Crippen LogP contribution in [-0.4, -0.2) is 42.3 Å². The lowest BCUT2D eigenvalue weighted by Gasteiger charge is -2.43. The van der Waals surface area contributed by atoms with Gasteiger partial charge in [-0.3, -0.25) is 4.90 Å². The number of carbonyl (C=O) groups is 1. The highest BCUT2D eigenvalue weighted by molar-refractivity contribution is 6.31. The monoisotopic (exact) mass is 340 g/mol. The lowest BCUT2D eigenvalue weighted by atomic mass is 9.84. The van der Waals surface area contributed by atoms with Crippen molar-refractivity contribution in [3.05, 3.63) is 27.8 Å². The molecule has 1 heterocycles. The van der Waals surface area contributed by atoms with Crippen LogP contribution in [0.5, 0.6) is 5.75 Å². The zero-order valence-corrected chi connectivity index (χ0v) is 15.1. The standard InChI is InChI=1S/C17H25ClN2O3/c1-9(2)20-7-12(8-20)15-10(3)14(18)6-13(16(15)23-5)11(4)19-17(21)22/h6,9,11-12,19H,7-8H2,1-5H3,(H,21,22). The first-order chi connectivity index (χ1) is 10.8. The number of carboxylic acid groups (broad SMARTS) is 1. The average Bonchev–Trinajstić information content (AvgIpc) is 2.40. The van der Waals surface area contributed by atoms with Gasteiger partial charge in [0.05, 0.1) is 13.2 Å². The first-order valence-corrected chi connectivity index (χ1v) is 8.24. The molecule has 1 aromatic rings. The second kappa shape index (κ2) is 6.97. The molecule has 0 aliphatic carbocycles. The van der Waals surface area contributed by atoms with Gasteiger partial charge >= 0.3 is 6.09 Å². The van der Waals surface area contributed by atoms with Crippen LogP contribution in [0.1, 0.15) is 49.4 Å². The Morgan fingerprint density at radius 1 is 1.43 bits per heavy atom. The summed E-state index contributed by atoms with van der Waals surface area (Å²) in [7, 11) is 1.63. The van der Waals surface area contributed by atoms with Crippen LogP contribution in [-0.2, 0) is 0 Å². The molecule has 0 aromatic heterocycles. The van der Waals surface area contributed by atoms with E-state index in [1.807, 2.05) is 6.92 Å². The molecular weight excluding hydrogens is 316 g/mol. The van der Waals surface area contributed by atoms with Crippen LogP contribution in [0.3, 0.4) is 0 Å². The fourth-order valence-corrected chi connectivity index (χ4v) is 3.41. The molecule has 1 unspecified atom stereocenters. The van der Waals surface area contributed by atoms with Crippen LogP contribution in [0.4, 0.5) is 4.79 Å². The maximum absolute atomic E-state index is 10.9. The van der Waals surface area contributed by atoms with Crippen LogP contribution in [0, 0.1) is 6.92 Å². The number of likely N-dealkylation sites (tertiary alicyclic amines) is 1. The van der Waals surface area contributed by atoms with Gasteiger partial charge in [-0.15, -0.1) is 0 Å². The maximum Gasteiger partial charge on any atom is 0.405 e. The topological polar surface area (TPSA) is 61.8 Å². The van der Waals surface area contributed by atoms with Crippen molar-refractivity contribution in [3.8, 4) is 5.75 Å². The van der Waals surface area contributed by atoms with Gasteiger partial charge in [0.2, 0.25) is 0 Å². The second-order valence-electron chi connectivity index (χ2n) is 6.44. The van der Waals surface area contributed by atoms with E-state index in [4.69, 9.17) is 21.4 Å². The number of nitrogens with zero attached hydrogens (tertiary/aromatic N) is 1. The summed E-state index contributed by atoms with van der Waals surface area (Å²) in [6.45, 7) is 10.1. The van der Waals surface area contributed by atoms with Gasteiger partial charge in [-0.25, -0.2) is 4.79 Å². The van der Waals surface area contributed by atoms with Gasteiger partial charge in [-0.05, 0) is 39.3 Å². The predicted molar refractivity (Wildman–Crippen MR) is 91.8 cm³/mol. The summed E-state index contributed by atoms with van der Waals surface area (Å²) in [5.74, 6) is 1.11. The SMILES string of the molecule is COc1c(C(C)NC(=O)O)cc(Cl)c(C)c1C1CN(C(C)C)C1. The third kappa shape index (κ3) is 3.56. The van der Waals surface area contributed by atoms with E-state index < -0.39 is 6.09 Å². The van der Waals surface area contributed by atoms with Crippen LogP contribution in [0.15, 0.2) is 6.07 Å². The van der Waals surface area contributed by atoms with Gasteiger partial charge in [0.1, 0.15) is 5.75 Å². The van der Waals surface area contributed by atoms with E-state index in [2.05, 4.69) is 24.1 Å². The van der Waals surface area contributed by atoms with Crippen molar-refractivity contribution >= 4 is 17.7 Å². The summed E-state index contributed by atoms with van der Waals surface area (Å²) < 4.78 is 5.66. The van der Waals surface area contributed by atoms with Crippen molar-refractivity contribution in [1.82, 2.24) is 10.2 Å². The minimum atomic E-state index is -1.06. The lowest BCUT2D eigenvalue weighted by molar-refractivity contribution is 0.108. The van der Waals surface area contributed by atoms with Crippen molar-refractivity contribution in [3.63, 3.8) is 0 Å². The van der Waals surface area contributed by atoms with Crippen molar-refractivity contribution in [1.29, 1.82) is 0 Å². The summed E-state index contributed by atoms with van der Waals surface area (Å²) in [6, 6.07) is 1.93. The number of ether oxygens (including phenoxy) is 1. The first-order valence-electron chi connectivity index (χ1n) is 7.86. The van der Waals surface area contributed by atoms with Gasteiger partial charge in [-0.1, -0.05) is 11.6 Å². The molecular formula is C17H25ClN2O3. The van der Waals surface area contributed by atoms with Gasteiger partial charge < -0.3 is 15.2 Å². The second-order valence-corrected chi connectivity index (χ2v) is 6.84. The number of amides is 1. The van der Waals surface area contributed by atoms with E-state index in [0.717, 1.165) is 35.5 Å². The van der Waals surface area contributed by atoms with Crippen LogP contribution < -0.4 is 10.1 Å². The van der Waals surface area contributed by atoms with Crippen molar-refractivity contribution in [2.24, 2.45) is 0 Å². The Bertz CT molecular complexity index is 598. The zero-order chi connectivity index (χ0) is 17.3. The normalized spacial score (nSPS) is 17.0. The van der Waals surface area contributed by atoms with Crippen LogP contribution >= 0.6 is 11.6 Å². The fourth-order valence-electron chi connectivity index (χ4n) is 3.19. The number of halogens is 1.